The largest absolute Gasteiger partial charge is 0.492 e. The van der Waals surface area contributed by atoms with Crippen LogP contribution in [0.1, 0.15) is 16.8 Å². The van der Waals surface area contributed by atoms with Crippen LogP contribution in [0.25, 0.3) is 11.5 Å². The number of aromatic nitrogens is 4. The van der Waals surface area contributed by atoms with Gasteiger partial charge < -0.3 is 24.3 Å². The molecule has 2 aliphatic rings. The number of nitrogens with zero attached hydrogens (tertiary/aromatic N) is 5. The second kappa shape index (κ2) is 9.37. The number of benzene rings is 1. The molecular weight excluding hydrogens is 427 g/mol. The average molecular weight is 450 g/mol. The van der Waals surface area contributed by atoms with Crippen LogP contribution in [0.3, 0.4) is 0 Å². The van der Waals surface area contributed by atoms with Crippen LogP contribution in [0.15, 0.2) is 48.8 Å². The second-order valence-electron chi connectivity index (χ2n) is 7.68. The maximum absolute atomic E-state index is 15.0. The van der Waals surface area contributed by atoms with Gasteiger partial charge in [-0.3, -0.25) is 4.79 Å². The number of fused-ring (bicyclic) bond motifs is 5. The smallest absolute Gasteiger partial charge is 0.260 e. The lowest BCUT2D eigenvalue weighted by atomic mass is 10.1. The molecule has 4 heterocycles. The summed E-state index contributed by atoms with van der Waals surface area (Å²) in [6.45, 7) is 2.98. The molecule has 33 heavy (non-hydrogen) atoms. The Morgan fingerprint density at radius 2 is 1.97 bits per heavy atom. The van der Waals surface area contributed by atoms with Gasteiger partial charge in [0.25, 0.3) is 5.91 Å². The van der Waals surface area contributed by atoms with Gasteiger partial charge in [-0.2, -0.15) is 0 Å². The van der Waals surface area contributed by atoms with E-state index >= 15 is 0 Å². The number of amides is 1. The maximum atomic E-state index is 15.0. The summed E-state index contributed by atoms with van der Waals surface area (Å²) in [6.07, 6.45) is 6.17. The lowest BCUT2D eigenvalue weighted by molar-refractivity contribution is 0.102. The molecule has 9 nitrogen and oxygen atoms in total. The van der Waals surface area contributed by atoms with E-state index in [9.17, 15) is 9.18 Å². The van der Waals surface area contributed by atoms with Gasteiger partial charge in [-0.15, -0.1) is 10.2 Å². The van der Waals surface area contributed by atoms with E-state index in [-0.39, 0.29) is 11.3 Å². The summed E-state index contributed by atoms with van der Waals surface area (Å²) in [5.74, 6) is 0.268. The van der Waals surface area contributed by atoms with Crippen LogP contribution in [0, 0.1) is 5.82 Å². The Labute approximate surface area is 189 Å². The molecule has 0 unspecified atom stereocenters. The van der Waals surface area contributed by atoms with Crippen LogP contribution < -0.4 is 15.0 Å². The molecule has 0 atom stereocenters. The van der Waals surface area contributed by atoms with Gasteiger partial charge in [-0.1, -0.05) is 18.2 Å². The number of hydrogen-bond acceptors (Lipinski definition) is 7. The van der Waals surface area contributed by atoms with Gasteiger partial charge in [0.1, 0.15) is 29.4 Å². The molecule has 1 fully saturated rings. The Morgan fingerprint density at radius 3 is 2.85 bits per heavy atom. The monoisotopic (exact) mass is 450 g/mol. The normalized spacial score (nSPS) is 17.6. The number of anilines is 2. The summed E-state index contributed by atoms with van der Waals surface area (Å²) in [5.41, 5.74) is 1.17. The molecule has 5 rings (SSSR count). The number of carbonyl (C=O) groups is 1. The van der Waals surface area contributed by atoms with E-state index in [4.69, 9.17) is 9.47 Å². The maximum Gasteiger partial charge on any atom is 0.260 e. The van der Waals surface area contributed by atoms with E-state index in [1.807, 2.05) is 21.6 Å². The Morgan fingerprint density at radius 1 is 1.09 bits per heavy atom. The number of pyridine rings is 1. The minimum absolute atomic E-state index is 0.193. The van der Waals surface area contributed by atoms with Crippen molar-refractivity contribution in [2.24, 2.45) is 0 Å². The molecule has 0 radical (unpaired) electrons. The summed E-state index contributed by atoms with van der Waals surface area (Å²) in [4.78, 5) is 19.6. The van der Waals surface area contributed by atoms with Crippen molar-refractivity contribution in [1.82, 2.24) is 19.7 Å². The first kappa shape index (κ1) is 21.1. The van der Waals surface area contributed by atoms with Crippen LogP contribution in [0.5, 0.6) is 5.75 Å². The number of carbonyl (C=O) groups excluding carboxylic acids is 1. The minimum Gasteiger partial charge on any atom is -0.492 e. The predicted octanol–water partition coefficient (Wildman–Crippen LogP) is 2.91. The van der Waals surface area contributed by atoms with Crippen molar-refractivity contribution in [3.05, 3.63) is 60.2 Å². The van der Waals surface area contributed by atoms with E-state index in [2.05, 4.69) is 20.5 Å². The Bertz CT molecular complexity index is 1190. The summed E-state index contributed by atoms with van der Waals surface area (Å²) in [7, 11) is 0. The van der Waals surface area contributed by atoms with Crippen molar-refractivity contribution >= 4 is 17.4 Å². The molecular formula is C23H23FN6O3. The van der Waals surface area contributed by atoms with Gasteiger partial charge in [-0.05, 0) is 24.6 Å². The molecule has 0 saturated carbocycles. The summed E-state index contributed by atoms with van der Waals surface area (Å²) < 4.78 is 28.0. The van der Waals surface area contributed by atoms with Gasteiger partial charge in [0.05, 0.1) is 31.1 Å². The highest BCUT2D eigenvalue weighted by Crippen LogP contribution is 2.30. The molecule has 1 aromatic carbocycles. The Hall–Kier alpha value is -3.79. The van der Waals surface area contributed by atoms with E-state index in [1.54, 1.807) is 30.6 Å². The standard InChI is InChI=1S/C23H23FN6O3/c24-17-14-20-16(13-19(17)29-8-11-32-12-9-29)23(31)27-21-6-4-5-18(26-21)22-28-25-15-30(22)7-2-1-3-10-33-20/h1-2,4-6,13-15H,3,7-12H2,(H,26,27,31)/b2-1-. The van der Waals surface area contributed by atoms with E-state index in [1.165, 1.54) is 6.07 Å². The lowest BCUT2D eigenvalue weighted by Crippen LogP contribution is -2.37. The van der Waals surface area contributed by atoms with Crippen LogP contribution in [-0.2, 0) is 11.3 Å². The van der Waals surface area contributed by atoms with Crippen molar-refractivity contribution in [2.75, 3.05) is 43.1 Å². The van der Waals surface area contributed by atoms with Crippen molar-refractivity contribution in [1.29, 1.82) is 0 Å². The third-order valence-corrected chi connectivity index (χ3v) is 5.49. The van der Waals surface area contributed by atoms with Gasteiger partial charge in [0.15, 0.2) is 5.82 Å². The zero-order valence-electron chi connectivity index (χ0n) is 17.9. The van der Waals surface area contributed by atoms with E-state index in [0.717, 1.165) is 0 Å². The van der Waals surface area contributed by atoms with Crippen molar-refractivity contribution in [3.8, 4) is 17.3 Å². The third kappa shape index (κ3) is 4.56. The lowest BCUT2D eigenvalue weighted by Gasteiger charge is -2.29. The number of allylic oxidation sites excluding steroid dienone is 1. The molecule has 2 aromatic heterocycles. The second-order valence-corrected chi connectivity index (χ2v) is 7.68. The molecule has 1 amide bonds. The molecule has 170 valence electrons. The highest BCUT2D eigenvalue weighted by atomic mass is 19.1. The van der Waals surface area contributed by atoms with Gasteiger partial charge in [0, 0.05) is 25.7 Å². The fourth-order valence-corrected chi connectivity index (χ4v) is 3.83. The van der Waals surface area contributed by atoms with Crippen LogP contribution in [0.2, 0.25) is 0 Å². The Balaban J connectivity index is 1.53. The number of hydrogen-bond donors (Lipinski definition) is 1. The van der Waals surface area contributed by atoms with Gasteiger partial charge >= 0.3 is 0 Å². The summed E-state index contributed by atoms with van der Waals surface area (Å²) in [5, 5.41) is 11.0. The first-order chi connectivity index (χ1) is 16.2. The fourth-order valence-electron chi connectivity index (χ4n) is 3.83. The summed E-state index contributed by atoms with van der Waals surface area (Å²) in [6, 6.07) is 8.10. The van der Waals surface area contributed by atoms with Crippen molar-refractivity contribution in [3.63, 3.8) is 0 Å². The van der Waals surface area contributed by atoms with Crippen LogP contribution in [0.4, 0.5) is 15.9 Å². The molecule has 3 aromatic rings. The predicted molar refractivity (Wildman–Crippen MR) is 120 cm³/mol. The molecule has 1 saturated heterocycles. The minimum atomic E-state index is -0.435. The highest BCUT2D eigenvalue weighted by molar-refractivity contribution is 6.06. The molecule has 10 heteroatoms. The molecule has 0 spiro atoms. The third-order valence-electron chi connectivity index (χ3n) is 5.49. The first-order valence-corrected chi connectivity index (χ1v) is 10.8. The quantitative estimate of drug-likeness (QED) is 0.570. The van der Waals surface area contributed by atoms with Gasteiger partial charge in [0.2, 0.25) is 0 Å². The van der Waals surface area contributed by atoms with Crippen LogP contribution >= 0.6 is 0 Å². The zero-order chi connectivity index (χ0) is 22.6. The number of morpholine rings is 1. The zero-order valence-corrected chi connectivity index (χ0v) is 17.9. The van der Waals surface area contributed by atoms with Gasteiger partial charge in [-0.25, -0.2) is 9.37 Å². The topological polar surface area (TPSA) is 94.4 Å². The number of halogens is 1. The summed E-state index contributed by atoms with van der Waals surface area (Å²) >= 11 is 0. The fraction of sp³-hybridized carbons (Fsp3) is 0.304. The Kier molecular flexibility index (Phi) is 5.99. The first-order valence-electron chi connectivity index (χ1n) is 10.8. The average Bonchev–Trinajstić information content (AvgIpc) is 3.30. The molecule has 2 aliphatic heterocycles. The molecule has 0 aliphatic carbocycles. The van der Waals surface area contributed by atoms with Crippen molar-refractivity contribution < 1.29 is 18.7 Å². The number of rotatable bonds is 1. The number of nitrogens with one attached hydrogen (secondary N) is 1. The van der Waals surface area contributed by atoms with E-state index in [0.29, 0.717) is 68.9 Å². The SMILES string of the molecule is O=C1Nc2cccc(n2)-c2nncn2C/C=C\CCOc2cc(F)c(N3CCOCC3)cc21. The van der Waals surface area contributed by atoms with E-state index < -0.39 is 11.7 Å². The molecule has 1 N–H and O–H groups in total. The number of ether oxygens (including phenoxy) is 2. The van der Waals surface area contributed by atoms with Crippen LogP contribution in [-0.4, -0.2) is 58.6 Å². The highest BCUT2D eigenvalue weighted by Gasteiger charge is 2.22. The van der Waals surface area contributed by atoms with Crippen molar-refractivity contribution in [2.45, 2.75) is 13.0 Å². The molecule has 2 bridgehead atoms.